The molecular weight excluding hydrogens is 258 g/mol. The van der Waals surface area contributed by atoms with Crippen molar-refractivity contribution in [2.24, 2.45) is 0 Å². The van der Waals surface area contributed by atoms with Crippen LogP contribution in [0.1, 0.15) is 38.4 Å². The molecule has 0 saturated heterocycles. The fourth-order valence-electron chi connectivity index (χ4n) is 1.63. The number of aromatic nitrogens is 2. The Balaban J connectivity index is 2.23. The highest BCUT2D eigenvalue weighted by Gasteiger charge is 2.04. The van der Waals surface area contributed by atoms with Crippen molar-refractivity contribution in [3.63, 3.8) is 0 Å². The van der Waals surface area contributed by atoms with E-state index in [1.807, 2.05) is 13.8 Å². The predicted molar refractivity (Wildman–Crippen MR) is 79.4 cm³/mol. The summed E-state index contributed by atoms with van der Waals surface area (Å²) in [7, 11) is 1.66. The van der Waals surface area contributed by atoms with Gasteiger partial charge in [0.2, 0.25) is 0 Å². The number of nitrogens with one attached hydrogen (secondary N) is 2. The minimum Gasteiger partial charge on any atom is -0.382 e. The van der Waals surface area contributed by atoms with E-state index in [1.54, 1.807) is 7.11 Å². The quantitative estimate of drug-likeness (QED) is 0.640. The maximum atomic E-state index is 11.5. The van der Waals surface area contributed by atoms with E-state index in [0.717, 1.165) is 26.0 Å². The number of anilines is 1. The zero-order valence-electron chi connectivity index (χ0n) is 12.6. The molecule has 0 aliphatic heterocycles. The molecule has 0 fully saturated rings. The Morgan fingerprint density at radius 1 is 1.30 bits per heavy atom. The van der Waals surface area contributed by atoms with Crippen LogP contribution in [0.2, 0.25) is 0 Å². The Labute approximate surface area is 119 Å². The molecule has 0 radical (unpaired) electrons. The second kappa shape index (κ2) is 9.50. The van der Waals surface area contributed by atoms with Crippen LogP contribution in [0.3, 0.4) is 0 Å². The van der Waals surface area contributed by atoms with Crippen LogP contribution in [0, 0.1) is 0 Å². The second-order valence-electron chi connectivity index (χ2n) is 4.91. The first-order valence-corrected chi connectivity index (χ1v) is 7.05. The number of ether oxygens (including phenoxy) is 2. The third kappa shape index (κ3) is 6.68. The van der Waals surface area contributed by atoms with Crippen molar-refractivity contribution >= 4 is 5.82 Å². The Hall–Kier alpha value is -1.40. The predicted octanol–water partition coefficient (Wildman–Crippen LogP) is 1.75. The molecule has 1 heterocycles. The molecule has 114 valence electrons. The van der Waals surface area contributed by atoms with Gasteiger partial charge in [-0.1, -0.05) is 13.8 Å². The van der Waals surface area contributed by atoms with Gasteiger partial charge in [-0.3, -0.25) is 4.79 Å². The summed E-state index contributed by atoms with van der Waals surface area (Å²) >= 11 is 0. The average Bonchev–Trinajstić information content (AvgIpc) is 2.41. The third-order valence-corrected chi connectivity index (χ3v) is 2.76. The summed E-state index contributed by atoms with van der Waals surface area (Å²) in [6.45, 7) is 6.77. The maximum Gasteiger partial charge on any atom is 0.252 e. The lowest BCUT2D eigenvalue weighted by atomic mass is 10.2. The van der Waals surface area contributed by atoms with Crippen LogP contribution in [0.4, 0.5) is 5.82 Å². The standard InChI is InChI=1S/C14H25N3O3/c1-11(2)14-16-12(10-13(18)17-14)15-6-4-5-7-20-9-8-19-3/h10-11H,4-9H2,1-3H3,(H2,15,16,17,18). The number of hydrogen-bond acceptors (Lipinski definition) is 5. The molecule has 0 aliphatic rings. The number of rotatable bonds is 10. The number of nitrogens with zero attached hydrogens (tertiary/aromatic N) is 1. The van der Waals surface area contributed by atoms with Gasteiger partial charge in [0.1, 0.15) is 11.6 Å². The zero-order chi connectivity index (χ0) is 14.8. The van der Waals surface area contributed by atoms with Crippen LogP contribution in [0.25, 0.3) is 0 Å². The van der Waals surface area contributed by atoms with Crippen molar-refractivity contribution in [2.45, 2.75) is 32.6 Å². The van der Waals surface area contributed by atoms with E-state index in [9.17, 15) is 4.79 Å². The summed E-state index contributed by atoms with van der Waals surface area (Å²) in [4.78, 5) is 18.6. The highest BCUT2D eigenvalue weighted by molar-refractivity contribution is 5.33. The molecule has 0 aliphatic carbocycles. The second-order valence-corrected chi connectivity index (χ2v) is 4.91. The van der Waals surface area contributed by atoms with Crippen LogP contribution in [0.5, 0.6) is 0 Å². The first kappa shape index (κ1) is 16.7. The van der Waals surface area contributed by atoms with Crippen LogP contribution in [-0.2, 0) is 9.47 Å². The molecule has 0 unspecified atom stereocenters. The number of H-pyrrole nitrogens is 1. The van der Waals surface area contributed by atoms with Crippen molar-refractivity contribution < 1.29 is 9.47 Å². The molecule has 2 N–H and O–H groups in total. The molecule has 0 atom stereocenters. The molecule has 0 aromatic carbocycles. The van der Waals surface area contributed by atoms with Gasteiger partial charge in [0.15, 0.2) is 0 Å². The van der Waals surface area contributed by atoms with E-state index >= 15 is 0 Å². The highest BCUT2D eigenvalue weighted by Crippen LogP contribution is 2.09. The SMILES string of the molecule is COCCOCCCCNc1cc(=O)[nH]c(C(C)C)n1. The normalized spacial score (nSPS) is 11.0. The highest BCUT2D eigenvalue weighted by atomic mass is 16.5. The van der Waals surface area contributed by atoms with E-state index in [1.165, 1.54) is 6.07 Å². The van der Waals surface area contributed by atoms with Crippen molar-refractivity contribution in [3.05, 3.63) is 22.2 Å². The molecule has 0 spiro atoms. The summed E-state index contributed by atoms with van der Waals surface area (Å²) in [5.74, 6) is 1.55. The summed E-state index contributed by atoms with van der Waals surface area (Å²) in [5.41, 5.74) is -0.117. The Morgan fingerprint density at radius 3 is 2.80 bits per heavy atom. The Bertz CT molecular complexity index is 432. The third-order valence-electron chi connectivity index (χ3n) is 2.76. The van der Waals surface area contributed by atoms with Crippen LogP contribution < -0.4 is 10.9 Å². The van der Waals surface area contributed by atoms with Gasteiger partial charge in [-0.15, -0.1) is 0 Å². The lowest BCUT2D eigenvalue weighted by molar-refractivity contribution is 0.0691. The van der Waals surface area contributed by atoms with E-state index in [-0.39, 0.29) is 11.5 Å². The van der Waals surface area contributed by atoms with Gasteiger partial charge in [0.25, 0.3) is 5.56 Å². The van der Waals surface area contributed by atoms with Gasteiger partial charge in [-0.25, -0.2) is 4.98 Å². The molecule has 6 nitrogen and oxygen atoms in total. The largest absolute Gasteiger partial charge is 0.382 e. The molecule has 1 aromatic heterocycles. The summed E-state index contributed by atoms with van der Waals surface area (Å²) in [5, 5.41) is 3.17. The smallest absolute Gasteiger partial charge is 0.252 e. The molecule has 20 heavy (non-hydrogen) atoms. The van der Waals surface area contributed by atoms with Crippen LogP contribution in [-0.4, -0.2) is 43.4 Å². The Morgan fingerprint density at radius 2 is 2.10 bits per heavy atom. The molecule has 0 saturated carbocycles. The summed E-state index contributed by atoms with van der Waals surface area (Å²) in [6, 6.07) is 1.49. The number of methoxy groups -OCH3 is 1. The van der Waals surface area contributed by atoms with Gasteiger partial charge in [-0.05, 0) is 12.8 Å². The molecule has 0 amide bonds. The first-order valence-electron chi connectivity index (χ1n) is 7.05. The van der Waals surface area contributed by atoms with Gasteiger partial charge < -0.3 is 19.8 Å². The minimum atomic E-state index is -0.117. The number of hydrogen-bond donors (Lipinski definition) is 2. The lowest BCUT2D eigenvalue weighted by Crippen LogP contribution is -2.15. The summed E-state index contributed by atoms with van der Waals surface area (Å²) < 4.78 is 10.3. The van der Waals surface area contributed by atoms with E-state index < -0.39 is 0 Å². The van der Waals surface area contributed by atoms with Crippen molar-refractivity contribution in [1.82, 2.24) is 9.97 Å². The van der Waals surface area contributed by atoms with Gasteiger partial charge in [-0.2, -0.15) is 0 Å². The molecule has 6 heteroatoms. The maximum absolute atomic E-state index is 11.5. The van der Waals surface area contributed by atoms with E-state index in [0.29, 0.717) is 24.9 Å². The van der Waals surface area contributed by atoms with Crippen LogP contribution >= 0.6 is 0 Å². The molecule has 1 aromatic rings. The Kier molecular flexibility index (Phi) is 7.91. The topological polar surface area (TPSA) is 76.2 Å². The van der Waals surface area contributed by atoms with Crippen LogP contribution in [0.15, 0.2) is 10.9 Å². The van der Waals surface area contributed by atoms with Gasteiger partial charge >= 0.3 is 0 Å². The fourth-order valence-corrected chi connectivity index (χ4v) is 1.63. The molecule has 1 rings (SSSR count). The van der Waals surface area contributed by atoms with Crippen molar-refractivity contribution in [1.29, 1.82) is 0 Å². The lowest BCUT2D eigenvalue weighted by Gasteiger charge is -2.09. The average molecular weight is 283 g/mol. The summed E-state index contributed by atoms with van der Waals surface area (Å²) in [6.07, 6.45) is 1.94. The monoisotopic (exact) mass is 283 g/mol. The van der Waals surface area contributed by atoms with Crippen molar-refractivity contribution in [3.8, 4) is 0 Å². The zero-order valence-corrected chi connectivity index (χ0v) is 12.6. The van der Waals surface area contributed by atoms with E-state index in [4.69, 9.17) is 9.47 Å². The van der Waals surface area contributed by atoms with Crippen molar-refractivity contribution in [2.75, 3.05) is 38.8 Å². The van der Waals surface area contributed by atoms with Gasteiger partial charge in [0, 0.05) is 32.2 Å². The molecule has 0 bridgehead atoms. The van der Waals surface area contributed by atoms with Gasteiger partial charge in [0.05, 0.1) is 13.2 Å². The first-order chi connectivity index (χ1) is 9.63. The molecular formula is C14H25N3O3. The van der Waals surface area contributed by atoms with E-state index in [2.05, 4.69) is 15.3 Å². The number of unbranched alkanes of at least 4 members (excludes halogenated alkanes) is 1. The fraction of sp³-hybridized carbons (Fsp3) is 0.714. The minimum absolute atomic E-state index is 0.117. The number of aromatic amines is 1.